The van der Waals surface area contributed by atoms with E-state index in [2.05, 4.69) is 83.2 Å². The summed E-state index contributed by atoms with van der Waals surface area (Å²) >= 11 is 0. The summed E-state index contributed by atoms with van der Waals surface area (Å²) in [5, 5.41) is 15.6. The Bertz CT molecular complexity index is 2130. The Hall–Kier alpha value is -5.06. The van der Waals surface area contributed by atoms with Gasteiger partial charge in [0, 0.05) is 61.3 Å². The van der Waals surface area contributed by atoms with Crippen LogP contribution in [0.1, 0.15) is 88.2 Å². The van der Waals surface area contributed by atoms with Crippen molar-refractivity contribution in [2.24, 2.45) is 5.92 Å². The molecule has 0 spiro atoms. The lowest BCUT2D eigenvalue weighted by molar-refractivity contribution is 0.0904. The van der Waals surface area contributed by atoms with E-state index in [1.54, 1.807) is 6.07 Å². The molecule has 2 aliphatic rings. The molecule has 0 unspecified atom stereocenters. The molecule has 0 aliphatic carbocycles. The second-order valence-corrected chi connectivity index (χ2v) is 15.3. The highest BCUT2D eigenvalue weighted by Crippen LogP contribution is 2.32. The molecular formula is C45H55N7O3. The van der Waals surface area contributed by atoms with Gasteiger partial charge in [0.05, 0.1) is 17.3 Å². The number of aromatic nitrogens is 3. The van der Waals surface area contributed by atoms with E-state index in [1.807, 2.05) is 42.1 Å². The first-order chi connectivity index (χ1) is 26.8. The largest absolute Gasteiger partial charge is 0.381 e. The van der Waals surface area contributed by atoms with Crippen molar-refractivity contribution in [3.8, 4) is 11.1 Å². The van der Waals surface area contributed by atoms with Gasteiger partial charge in [0.2, 0.25) is 0 Å². The van der Waals surface area contributed by atoms with E-state index in [0.29, 0.717) is 30.6 Å². The Labute approximate surface area is 325 Å². The highest BCUT2D eigenvalue weighted by Gasteiger charge is 2.23. The van der Waals surface area contributed by atoms with E-state index in [-0.39, 0.29) is 17.9 Å². The number of likely N-dealkylation sites (tertiary alicyclic amines) is 1. The van der Waals surface area contributed by atoms with Crippen LogP contribution in [0.3, 0.4) is 0 Å². The molecule has 2 amide bonds. The van der Waals surface area contributed by atoms with Gasteiger partial charge in [-0.1, -0.05) is 49.4 Å². The fraction of sp³-hybridized carbons (Fsp3) is 0.422. The SMILES string of the molecule is CCc1nc2c(cnn2CC)c(NC2CCOCC2)c1CNC(=O)c1cc(C)cc(C(=O)NCc2cccc(-c3cccc(CC4CCN(C)CC4)c3)c2)c1. The number of anilines is 1. The van der Waals surface area contributed by atoms with Crippen LogP contribution >= 0.6 is 0 Å². The summed E-state index contributed by atoms with van der Waals surface area (Å²) < 4.78 is 7.53. The third-order valence-corrected chi connectivity index (χ3v) is 11.2. The molecule has 3 aromatic carbocycles. The highest BCUT2D eigenvalue weighted by molar-refractivity contribution is 6.00. The van der Waals surface area contributed by atoms with E-state index < -0.39 is 0 Å². The highest BCUT2D eigenvalue weighted by atomic mass is 16.5. The molecule has 5 aromatic rings. The topological polar surface area (TPSA) is 113 Å². The van der Waals surface area contributed by atoms with Crippen molar-refractivity contribution in [2.75, 3.05) is 38.7 Å². The summed E-state index contributed by atoms with van der Waals surface area (Å²) in [4.78, 5) is 34.7. The maximum atomic E-state index is 13.7. The minimum Gasteiger partial charge on any atom is -0.381 e. The lowest BCUT2D eigenvalue weighted by Gasteiger charge is -2.29. The first-order valence-corrected chi connectivity index (χ1v) is 20.0. The molecule has 10 heteroatoms. The van der Waals surface area contributed by atoms with Gasteiger partial charge in [-0.2, -0.15) is 5.10 Å². The normalized spacial score (nSPS) is 15.6. The van der Waals surface area contributed by atoms with Crippen LogP contribution in [0.5, 0.6) is 0 Å². The van der Waals surface area contributed by atoms with Crippen LogP contribution in [-0.4, -0.2) is 70.9 Å². The Kier molecular flexibility index (Phi) is 12.2. The zero-order chi connectivity index (χ0) is 38.3. The molecular weight excluding hydrogens is 687 g/mol. The van der Waals surface area contributed by atoms with Crippen molar-refractivity contribution in [1.82, 2.24) is 30.3 Å². The molecule has 0 atom stereocenters. The molecule has 4 heterocycles. The number of aryl methyl sites for hydroxylation is 3. The standard InChI is InChI=1S/C45H55N7O3/c1-5-41-39(42(49-38-15-19-55-20-16-38)40-29-48-52(6-2)43(40)50-41)28-47-45(54)37-22-30(3)21-36(26-37)44(53)46-27-33-10-8-12-35(25-33)34-11-7-9-32(24-34)23-31-13-17-51(4)18-14-31/h7-12,21-22,24-26,29,31,38H,5-6,13-20,23,27-28H2,1-4H3,(H,46,53)(H,47,54)(H,49,50). The fourth-order valence-corrected chi connectivity index (χ4v) is 8.04. The number of nitrogens with one attached hydrogen (secondary N) is 3. The smallest absolute Gasteiger partial charge is 0.251 e. The van der Waals surface area contributed by atoms with Crippen LogP contribution in [0.4, 0.5) is 5.69 Å². The van der Waals surface area contributed by atoms with Crippen molar-refractivity contribution in [2.45, 2.75) is 85.0 Å². The first-order valence-electron chi connectivity index (χ1n) is 20.0. The number of pyridine rings is 1. The molecule has 0 saturated carbocycles. The summed E-state index contributed by atoms with van der Waals surface area (Å²) in [6, 6.07) is 22.8. The van der Waals surface area contributed by atoms with E-state index in [9.17, 15) is 9.59 Å². The number of benzene rings is 3. The molecule has 55 heavy (non-hydrogen) atoms. The summed E-state index contributed by atoms with van der Waals surface area (Å²) in [5.41, 5.74) is 10.2. The zero-order valence-electron chi connectivity index (χ0n) is 32.8. The monoisotopic (exact) mass is 741 g/mol. The van der Waals surface area contributed by atoms with Gasteiger partial charge in [0.1, 0.15) is 0 Å². The summed E-state index contributed by atoms with van der Waals surface area (Å²) in [6.45, 7) is 11.2. The molecule has 7 rings (SSSR count). The lowest BCUT2D eigenvalue weighted by atomic mass is 9.89. The summed E-state index contributed by atoms with van der Waals surface area (Å²) in [7, 11) is 2.21. The molecule has 2 aliphatic heterocycles. The number of ether oxygens (including phenoxy) is 1. The van der Waals surface area contributed by atoms with Crippen molar-refractivity contribution in [3.63, 3.8) is 0 Å². The number of hydrogen-bond acceptors (Lipinski definition) is 7. The van der Waals surface area contributed by atoms with Gasteiger partial charge in [-0.15, -0.1) is 0 Å². The number of carbonyl (C=O) groups excluding carboxylic acids is 2. The lowest BCUT2D eigenvalue weighted by Crippen LogP contribution is -2.30. The van der Waals surface area contributed by atoms with E-state index in [1.165, 1.54) is 37.1 Å². The van der Waals surface area contributed by atoms with Gasteiger partial charge < -0.3 is 25.6 Å². The predicted octanol–water partition coefficient (Wildman–Crippen LogP) is 7.32. The van der Waals surface area contributed by atoms with Crippen molar-refractivity contribution < 1.29 is 14.3 Å². The maximum Gasteiger partial charge on any atom is 0.251 e. The van der Waals surface area contributed by atoms with Crippen LogP contribution in [0, 0.1) is 12.8 Å². The third-order valence-electron chi connectivity index (χ3n) is 11.2. The number of piperidine rings is 1. The van der Waals surface area contributed by atoms with Crippen LogP contribution in [0.2, 0.25) is 0 Å². The van der Waals surface area contributed by atoms with Crippen LogP contribution in [0.25, 0.3) is 22.2 Å². The van der Waals surface area contributed by atoms with Gasteiger partial charge in [-0.3, -0.25) is 9.59 Å². The average Bonchev–Trinajstić information content (AvgIpc) is 3.63. The van der Waals surface area contributed by atoms with Gasteiger partial charge >= 0.3 is 0 Å². The van der Waals surface area contributed by atoms with Gasteiger partial charge in [0.15, 0.2) is 5.65 Å². The molecule has 2 fully saturated rings. The van der Waals surface area contributed by atoms with Gasteiger partial charge in [-0.25, -0.2) is 9.67 Å². The fourth-order valence-electron chi connectivity index (χ4n) is 8.04. The number of amides is 2. The Morgan fingerprint density at radius 2 is 1.49 bits per heavy atom. The predicted molar refractivity (Wildman–Crippen MR) is 219 cm³/mol. The van der Waals surface area contributed by atoms with Crippen LogP contribution < -0.4 is 16.0 Å². The molecule has 2 aromatic heterocycles. The average molecular weight is 742 g/mol. The van der Waals surface area contributed by atoms with Crippen molar-refractivity contribution >= 4 is 28.5 Å². The van der Waals surface area contributed by atoms with Crippen molar-refractivity contribution in [1.29, 1.82) is 0 Å². The minimum atomic E-state index is -0.244. The molecule has 0 radical (unpaired) electrons. The Balaban J connectivity index is 1.02. The Morgan fingerprint density at radius 3 is 2.16 bits per heavy atom. The van der Waals surface area contributed by atoms with E-state index in [0.717, 1.165) is 89.6 Å². The van der Waals surface area contributed by atoms with E-state index in [4.69, 9.17) is 9.72 Å². The second-order valence-electron chi connectivity index (χ2n) is 15.3. The maximum absolute atomic E-state index is 13.7. The number of hydrogen-bond donors (Lipinski definition) is 3. The van der Waals surface area contributed by atoms with Gasteiger partial charge in [-0.05, 0) is 131 Å². The second kappa shape index (κ2) is 17.6. The number of fused-ring (bicyclic) bond motifs is 1. The Morgan fingerprint density at radius 1 is 0.836 bits per heavy atom. The number of nitrogens with zero attached hydrogens (tertiary/aromatic N) is 4. The number of carbonyl (C=O) groups is 2. The van der Waals surface area contributed by atoms with Gasteiger partial charge in [0.25, 0.3) is 11.8 Å². The molecule has 10 nitrogen and oxygen atoms in total. The molecule has 0 bridgehead atoms. The molecule has 288 valence electrons. The minimum absolute atomic E-state index is 0.220. The molecule has 3 N–H and O–H groups in total. The van der Waals surface area contributed by atoms with Crippen LogP contribution in [-0.2, 0) is 37.2 Å². The first kappa shape index (κ1) is 38.2. The summed E-state index contributed by atoms with van der Waals surface area (Å²) in [6.07, 6.45) is 8.01. The zero-order valence-corrected chi connectivity index (χ0v) is 32.8. The quantitative estimate of drug-likeness (QED) is 0.116. The van der Waals surface area contributed by atoms with Crippen LogP contribution in [0.15, 0.2) is 72.9 Å². The number of rotatable bonds is 13. The summed E-state index contributed by atoms with van der Waals surface area (Å²) in [5.74, 6) is 0.269. The van der Waals surface area contributed by atoms with E-state index >= 15 is 0 Å². The third kappa shape index (κ3) is 9.26. The molecule has 2 saturated heterocycles. The van der Waals surface area contributed by atoms with Crippen molar-refractivity contribution in [3.05, 3.63) is 112 Å².